The maximum absolute atomic E-state index is 12.7. The maximum Gasteiger partial charge on any atom is 0.141 e. The molecule has 4 nitrogen and oxygen atoms in total. The van der Waals surface area contributed by atoms with E-state index in [-0.39, 0.29) is 5.92 Å². The van der Waals surface area contributed by atoms with Gasteiger partial charge in [-0.3, -0.25) is 9.69 Å². The van der Waals surface area contributed by atoms with Gasteiger partial charge >= 0.3 is 0 Å². The van der Waals surface area contributed by atoms with Crippen LogP contribution in [0.5, 0.6) is 0 Å². The number of nitrogens with zero attached hydrogens (tertiary/aromatic N) is 3. The number of Topliss-reactive ketones (excluding diaryl/α,β-unsaturated/α-hetero) is 1. The number of carbonyl (C=O) groups excluding carboxylic acids is 1. The van der Waals surface area contributed by atoms with E-state index >= 15 is 0 Å². The molecule has 0 amide bonds. The van der Waals surface area contributed by atoms with E-state index in [0.29, 0.717) is 12.2 Å². The Labute approximate surface area is 154 Å². The normalized spacial score (nSPS) is 18.3. The number of hydrogen-bond acceptors (Lipinski definition) is 3. The Balaban J connectivity index is 1.40. The molecule has 1 aliphatic rings. The van der Waals surface area contributed by atoms with Gasteiger partial charge in [0.15, 0.2) is 0 Å². The van der Waals surface area contributed by atoms with Crippen LogP contribution in [0.2, 0.25) is 0 Å². The fourth-order valence-corrected chi connectivity index (χ4v) is 3.84. The van der Waals surface area contributed by atoms with Crippen LogP contribution in [0.4, 0.5) is 0 Å². The molecule has 1 saturated heterocycles. The molecule has 1 atom stereocenters. The van der Waals surface area contributed by atoms with Crippen molar-refractivity contribution in [1.82, 2.24) is 14.3 Å². The third-order valence-corrected chi connectivity index (χ3v) is 5.23. The molecule has 3 heterocycles. The van der Waals surface area contributed by atoms with Gasteiger partial charge in [-0.2, -0.15) is 0 Å². The second-order valence-electron chi connectivity index (χ2n) is 7.40. The standard InChI is InChI=1S/C22H25N3O/c1-17-9-11-25-16-20(23-22(25)12-17)15-24-10-5-8-19(14-24)21(26)13-18-6-3-2-4-7-18/h2-4,6-7,9,11-12,16,19H,5,8,10,13-15H2,1H3/t19-/m1/s1. The Morgan fingerprint density at radius 3 is 2.92 bits per heavy atom. The molecule has 1 aliphatic heterocycles. The first kappa shape index (κ1) is 17.0. The molecule has 0 radical (unpaired) electrons. The van der Waals surface area contributed by atoms with Crippen LogP contribution in [0, 0.1) is 12.8 Å². The van der Waals surface area contributed by atoms with Crippen LogP contribution >= 0.6 is 0 Å². The van der Waals surface area contributed by atoms with Gasteiger partial charge in [-0.15, -0.1) is 0 Å². The zero-order chi connectivity index (χ0) is 17.9. The van der Waals surface area contributed by atoms with Crippen LogP contribution in [0.25, 0.3) is 5.65 Å². The van der Waals surface area contributed by atoms with Gasteiger partial charge in [0.05, 0.1) is 5.69 Å². The third kappa shape index (κ3) is 3.86. The molecule has 0 saturated carbocycles. The molecule has 1 fully saturated rings. The summed E-state index contributed by atoms with van der Waals surface area (Å²) in [5.74, 6) is 0.509. The summed E-state index contributed by atoms with van der Waals surface area (Å²) in [6.45, 7) is 4.79. The summed E-state index contributed by atoms with van der Waals surface area (Å²) in [6, 6.07) is 14.3. The van der Waals surface area contributed by atoms with E-state index in [4.69, 9.17) is 4.98 Å². The fourth-order valence-electron chi connectivity index (χ4n) is 3.84. The minimum absolute atomic E-state index is 0.142. The first-order chi connectivity index (χ1) is 12.7. The number of rotatable bonds is 5. The number of likely N-dealkylation sites (tertiary alicyclic amines) is 1. The highest BCUT2D eigenvalue weighted by Crippen LogP contribution is 2.21. The van der Waals surface area contributed by atoms with Crippen molar-refractivity contribution in [3.05, 3.63) is 71.7 Å². The van der Waals surface area contributed by atoms with Gasteiger partial charge in [0.2, 0.25) is 0 Å². The quantitative estimate of drug-likeness (QED) is 0.707. The van der Waals surface area contributed by atoms with Crippen molar-refractivity contribution in [2.45, 2.75) is 32.7 Å². The van der Waals surface area contributed by atoms with Crippen LogP contribution in [0.1, 0.15) is 29.7 Å². The van der Waals surface area contributed by atoms with Crippen molar-refractivity contribution in [2.75, 3.05) is 13.1 Å². The molecule has 0 aliphatic carbocycles. The van der Waals surface area contributed by atoms with E-state index in [1.54, 1.807) is 0 Å². The molecule has 4 heteroatoms. The molecule has 4 rings (SSSR count). The number of aryl methyl sites for hydroxylation is 1. The third-order valence-electron chi connectivity index (χ3n) is 5.23. The van der Waals surface area contributed by atoms with Crippen molar-refractivity contribution >= 4 is 11.4 Å². The highest BCUT2D eigenvalue weighted by Gasteiger charge is 2.26. The molecule has 1 aromatic carbocycles. The first-order valence-electron chi connectivity index (χ1n) is 9.40. The smallest absolute Gasteiger partial charge is 0.141 e. The van der Waals surface area contributed by atoms with Crippen LogP contribution in [0.15, 0.2) is 54.9 Å². The van der Waals surface area contributed by atoms with Crippen molar-refractivity contribution in [3.8, 4) is 0 Å². The lowest BCUT2D eigenvalue weighted by Gasteiger charge is -2.31. The average molecular weight is 347 g/mol. The van der Waals surface area contributed by atoms with Crippen molar-refractivity contribution < 1.29 is 4.79 Å². The molecule has 3 aromatic rings. The Kier molecular flexibility index (Phi) is 4.85. The molecular weight excluding hydrogens is 322 g/mol. The van der Waals surface area contributed by atoms with E-state index in [9.17, 15) is 4.79 Å². The molecule has 134 valence electrons. The van der Waals surface area contributed by atoms with Crippen LogP contribution < -0.4 is 0 Å². The van der Waals surface area contributed by atoms with E-state index in [0.717, 1.165) is 49.4 Å². The van der Waals surface area contributed by atoms with E-state index in [1.807, 2.05) is 30.3 Å². The number of fused-ring (bicyclic) bond motifs is 1. The number of imidazole rings is 1. The Bertz CT molecular complexity index is 900. The predicted molar refractivity (Wildman–Crippen MR) is 103 cm³/mol. The topological polar surface area (TPSA) is 37.6 Å². The molecular formula is C22H25N3O. The van der Waals surface area contributed by atoms with Gasteiger partial charge in [0.25, 0.3) is 0 Å². The average Bonchev–Trinajstić information content (AvgIpc) is 3.04. The summed E-state index contributed by atoms with van der Waals surface area (Å²) < 4.78 is 2.07. The van der Waals surface area contributed by atoms with Gasteiger partial charge in [-0.05, 0) is 49.6 Å². The molecule has 0 spiro atoms. The van der Waals surface area contributed by atoms with Gasteiger partial charge in [-0.1, -0.05) is 30.3 Å². The van der Waals surface area contributed by atoms with E-state index in [1.165, 1.54) is 5.56 Å². The second kappa shape index (κ2) is 7.42. The van der Waals surface area contributed by atoms with Crippen LogP contribution in [0.3, 0.4) is 0 Å². The molecule has 2 aromatic heterocycles. The zero-order valence-corrected chi connectivity index (χ0v) is 15.3. The van der Waals surface area contributed by atoms with E-state index in [2.05, 4.69) is 40.8 Å². The number of piperidine rings is 1. The first-order valence-corrected chi connectivity index (χ1v) is 9.40. The number of pyridine rings is 1. The SMILES string of the molecule is Cc1ccn2cc(CN3CCC[C@@H](C(=O)Cc4ccccc4)C3)nc2c1. The van der Waals surface area contributed by atoms with Crippen molar-refractivity contribution in [1.29, 1.82) is 0 Å². The van der Waals surface area contributed by atoms with Crippen LogP contribution in [-0.4, -0.2) is 33.2 Å². The monoisotopic (exact) mass is 347 g/mol. The van der Waals surface area contributed by atoms with Gasteiger partial charge < -0.3 is 4.40 Å². The number of ketones is 1. The van der Waals surface area contributed by atoms with Crippen LogP contribution in [-0.2, 0) is 17.8 Å². The zero-order valence-electron chi connectivity index (χ0n) is 15.3. The summed E-state index contributed by atoms with van der Waals surface area (Å²) in [4.78, 5) is 19.8. The van der Waals surface area contributed by atoms with E-state index < -0.39 is 0 Å². The molecule has 26 heavy (non-hydrogen) atoms. The number of benzene rings is 1. The summed E-state index contributed by atoms with van der Waals surface area (Å²) in [5, 5.41) is 0. The highest BCUT2D eigenvalue weighted by atomic mass is 16.1. The summed E-state index contributed by atoms with van der Waals surface area (Å²) in [5.41, 5.74) is 4.41. The number of carbonyl (C=O) groups is 1. The summed E-state index contributed by atoms with van der Waals surface area (Å²) >= 11 is 0. The van der Waals surface area contributed by atoms with Gasteiger partial charge in [0.1, 0.15) is 11.4 Å². The van der Waals surface area contributed by atoms with Gasteiger partial charge in [-0.25, -0.2) is 4.98 Å². The Morgan fingerprint density at radius 1 is 1.23 bits per heavy atom. The predicted octanol–water partition coefficient (Wildman–Crippen LogP) is 3.67. The lowest BCUT2D eigenvalue weighted by Crippen LogP contribution is -2.38. The summed E-state index contributed by atoms with van der Waals surface area (Å²) in [7, 11) is 0. The minimum atomic E-state index is 0.142. The number of aromatic nitrogens is 2. The second-order valence-corrected chi connectivity index (χ2v) is 7.40. The Morgan fingerprint density at radius 2 is 2.08 bits per heavy atom. The van der Waals surface area contributed by atoms with Gasteiger partial charge in [0, 0.05) is 37.8 Å². The number of hydrogen-bond donors (Lipinski definition) is 0. The molecule has 0 unspecified atom stereocenters. The van der Waals surface area contributed by atoms with Crippen molar-refractivity contribution in [3.63, 3.8) is 0 Å². The minimum Gasteiger partial charge on any atom is -0.307 e. The molecule has 0 N–H and O–H groups in total. The Hall–Kier alpha value is -2.46. The molecule has 0 bridgehead atoms. The highest BCUT2D eigenvalue weighted by molar-refractivity contribution is 5.83. The largest absolute Gasteiger partial charge is 0.307 e. The summed E-state index contributed by atoms with van der Waals surface area (Å²) in [6.07, 6.45) is 6.80. The fraction of sp³-hybridized carbons (Fsp3) is 0.364. The lowest BCUT2D eigenvalue weighted by molar-refractivity contribution is -0.124. The maximum atomic E-state index is 12.7. The lowest BCUT2D eigenvalue weighted by atomic mass is 9.90. The van der Waals surface area contributed by atoms with Crippen molar-refractivity contribution in [2.24, 2.45) is 5.92 Å².